The Hall–Kier alpha value is -2.97. The van der Waals surface area contributed by atoms with Crippen molar-refractivity contribution < 1.29 is 13.2 Å². The summed E-state index contributed by atoms with van der Waals surface area (Å²) in [6.07, 6.45) is 11.3. The van der Waals surface area contributed by atoms with E-state index in [1.807, 2.05) is 16.7 Å². The van der Waals surface area contributed by atoms with E-state index in [0.29, 0.717) is 24.2 Å². The van der Waals surface area contributed by atoms with E-state index in [2.05, 4.69) is 16.4 Å². The molecule has 1 amide bonds. The molecule has 0 saturated carbocycles. The van der Waals surface area contributed by atoms with Gasteiger partial charge >= 0.3 is 0 Å². The summed E-state index contributed by atoms with van der Waals surface area (Å²) in [4.78, 5) is 17.4. The lowest BCUT2D eigenvalue weighted by Gasteiger charge is -2.14. The van der Waals surface area contributed by atoms with E-state index in [9.17, 15) is 13.2 Å². The number of benzene rings is 1. The average molecular weight is 467 g/mol. The molecule has 7 nitrogen and oxygen atoms in total. The van der Waals surface area contributed by atoms with Crippen molar-refractivity contribution in [3.05, 3.63) is 71.7 Å². The maximum atomic E-state index is 13.2. The molecule has 33 heavy (non-hydrogen) atoms. The van der Waals surface area contributed by atoms with Crippen molar-refractivity contribution in [3.8, 4) is 0 Å². The number of hydrogen-bond donors (Lipinski definition) is 1. The SMILES string of the molecule is CN(C)S(=O)(=O)c1ccc2c(c1)cc(C(=O)NCCC1=CCCCC1)n2Cc1ccncc1. The van der Waals surface area contributed by atoms with Crippen LogP contribution in [0.25, 0.3) is 10.9 Å². The number of nitrogens with zero attached hydrogens (tertiary/aromatic N) is 3. The molecule has 2 heterocycles. The van der Waals surface area contributed by atoms with Crippen LogP contribution in [0.3, 0.4) is 0 Å². The zero-order valence-corrected chi connectivity index (χ0v) is 19.9. The van der Waals surface area contributed by atoms with Gasteiger partial charge in [0.1, 0.15) is 5.69 Å². The molecule has 0 unspecified atom stereocenters. The van der Waals surface area contributed by atoms with Crippen LogP contribution in [0.5, 0.6) is 0 Å². The number of pyridine rings is 1. The highest BCUT2D eigenvalue weighted by atomic mass is 32.2. The summed E-state index contributed by atoms with van der Waals surface area (Å²) in [7, 11) is -0.551. The van der Waals surface area contributed by atoms with Gasteiger partial charge in [-0.1, -0.05) is 11.6 Å². The van der Waals surface area contributed by atoms with Crippen LogP contribution in [-0.2, 0) is 16.6 Å². The molecule has 174 valence electrons. The van der Waals surface area contributed by atoms with Gasteiger partial charge in [-0.05, 0) is 74.1 Å². The number of hydrogen-bond acceptors (Lipinski definition) is 4. The second kappa shape index (κ2) is 9.89. The van der Waals surface area contributed by atoms with Crippen LogP contribution >= 0.6 is 0 Å². The van der Waals surface area contributed by atoms with Gasteiger partial charge in [-0.25, -0.2) is 12.7 Å². The Balaban J connectivity index is 1.65. The van der Waals surface area contributed by atoms with E-state index in [1.54, 1.807) is 36.7 Å². The van der Waals surface area contributed by atoms with Gasteiger partial charge in [-0.15, -0.1) is 0 Å². The van der Waals surface area contributed by atoms with Crippen LogP contribution in [0.15, 0.2) is 65.3 Å². The number of rotatable bonds is 8. The Kier molecular flexibility index (Phi) is 6.95. The molecule has 0 spiro atoms. The standard InChI is InChI=1S/C25H30N4O3S/c1-28(2)33(31,32)22-8-9-23-21(16-22)17-24(29(23)18-20-10-13-26-14-11-20)25(30)27-15-12-19-6-4-3-5-7-19/h6,8-11,13-14,16-17H,3-5,7,12,15,18H2,1-2H3,(H,27,30). The molecule has 1 aliphatic rings. The van der Waals surface area contributed by atoms with Gasteiger partial charge in [0.2, 0.25) is 10.0 Å². The van der Waals surface area contributed by atoms with E-state index in [-0.39, 0.29) is 10.8 Å². The first-order chi connectivity index (χ1) is 15.9. The Labute approximate surface area is 195 Å². The summed E-state index contributed by atoms with van der Waals surface area (Å²) >= 11 is 0. The van der Waals surface area contributed by atoms with Crippen molar-refractivity contribution in [3.63, 3.8) is 0 Å². The lowest BCUT2D eigenvalue weighted by atomic mass is 9.97. The van der Waals surface area contributed by atoms with Crippen LogP contribution in [0, 0.1) is 0 Å². The first-order valence-electron chi connectivity index (χ1n) is 11.3. The van der Waals surface area contributed by atoms with Crippen molar-refractivity contribution in [2.45, 2.75) is 43.5 Å². The molecule has 0 radical (unpaired) electrons. The fourth-order valence-corrected chi connectivity index (χ4v) is 5.15. The van der Waals surface area contributed by atoms with Gasteiger partial charge in [-0.3, -0.25) is 9.78 Å². The van der Waals surface area contributed by atoms with Crippen molar-refractivity contribution in [1.29, 1.82) is 0 Å². The molecule has 1 aliphatic carbocycles. The molecular formula is C25H30N4O3S. The van der Waals surface area contributed by atoms with Crippen molar-refractivity contribution in [1.82, 2.24) is 19.2 Å². The van der Waals surface area contributed by atoms with Gasteiger partial charge in [0.05, 0.1) is 4.90 Å². The minimum absolute atomic E-state index is 0.159. The number of allylic oxidation sites excluding steroid dienone is 1. The second-order valence-corrected chi connectivity index (χ2v) is 10.7. The molecular weight excluding hydrogens is 436 g/mol. The van der Waals surface area contributed by atoms with Crippen molar-refractivity contribution in [2.75, 3.05) is 20.6 Å². The summed E-state index contributed by atoms with van der Waals surface area (Å²) in [5, 5.41) is 3.77. The predicted octanol–water partition coefficient (Wildman–Crippen LogP) is 3.96. The maximum Gasteiger partial charge on any atom is 0.267 e. The Morgan fingerprint density at radius 2 is 1.91 bits per heavy atom. The van der Waals surface area contributed by atoms with Crippen molar-refractivity contribution in [2.24, 2.45) is 0 Å². The zero-order chi connectivity index (χ0) is 23.4. The number of aromatic nitrogens is 2. The van der Waals surface area contributed by atoms with Crippen LogP contribution in [0.1, 0.15) is 48.2 Å². The molecule has 1 aromatic carbocycles. The van der Waals surface area contributed by atoms with Gasteiger partial charge in [-0.2, -0.15) is 0 Å². The summed E-state index contributed by atoms with van der Waals surface area (Å²) in [6.45, 7) is 1.07. The molecule has 2 aromatic heterocycles. The quantitative estimate of drug-likeness (QED) is 0.510. The normalized spacial score (nSPS) is 14.5. The largest absolute Gasteiger partial charge is 0.350 e. The van der Waals surface area contributed by atoms with Crippen LogP contribution in [-0.4, -0.2) is 48.8 Å². The molecule has 0 fully saturated rings. The van der Waals surface area contributed by atoms with E-state index in [0.717, 1.165) is 30.3 Å². The summed E-state index contributed by atoms with van der Waals surface area (Å²) < 4.78 is 28.3. The molecule has 0 atom stereocenters. The monoisotopic (exact) mass is 466 g/mol. The number of carbonyl (C=O) groups excluding carboxylic acids is 1. The summed E-state index contributed by atoms with van der Waals surface area (Å²) in [5.74, 6) is -0.159. The number of nitrogens with one attached hydrogen (secondary N) is 1. The lowest BCUT2D eigenvalue weighted by Crippen LogP contribution is -2.27. The zero-order valence-electron chi connectivity index (χ0n) is 19.1. The first kappa shape index (κ1) is 23.2. The van der Waals surface area contributed by atoms with E-state index in [1.165, 1.54) is 36.8 Å². The number of amides is 1. The predicted molar refractivity (Wildman–Crippen MR) is 130 cm³/mol. The van der Waals surface area contributed by atoms with Crippen LogP contribution in [0.2, 0.25) is 0 Å². The van der Waals surface area contributed by atoms with Gasteiger partial charge in [0.25, 0.3) is 5.91 Å². The summed E-state index contributed by atoms with van der Waals surface area (Å²) in [5.41, 5.74) is 3.75. The highest BCUT2D eigenvalue weighted by Crippen LogP contribution is 2.26. The first-order valence-corrected chi connectivity index (χ1v) is 12.7. The van der Waals surface area contributed by atoms with E-state index >= 15 is 0 Å². The molecule has 0 saturated heterocycles. The molecule has 8 heteroatoms. The third-order valence-corrected chi connectivity index (χ3v) is 7.90. The lowest BCUT2D eigenvalue weighted by molar-refractivity contribution is 0.0945. The van der Waals surface area contributed by atoms with E-state index < -0.39 is 10.0 Å². The molecule has 3 aromatic rings. The smallest absolute Gasteiger partial charge is 0.267 e. The number of fused-ring (bicyclic) bond motifs is 1. The van der Waals surface area contributed by atoms with Crippen LogP contribution < -0.4 is 5.32 Å². The topological polar surface area (TPSA) is 84.3 Å². The third-order valence-electron chi connectivity index (χ3n) is 6.09. The fraction of sp³-hybridized carbons (Fsp3) is 0.360. The maximum absolute atomic E-state index is 13.2. The van der Waals surface area contributed by atoms with Gasteiger partial charge in [0.15, 0.2) is 0 Å². The third kappa shape index (κ3) is 5.17. The molecule has 1 N–H and O–H groups in total. The number of sulfonamides is 1. The van der Waals surface area contributed by atoms with Gasteiger partial charge < -0.3 is 9.88 Å². The highest BCUT2D eigenvalue weighted by Gasteiger charge is 2.21. The molecule has 0 aliphatic heterocycles. The average Bonchev–Trinajstić information content (AvgIpc) is 3.18. The van der Waals surface area contributed by atoms with Crippen molar-refractivity contribution >= 4 is 26.8 Å². The van der Waals surface area contributed by atoms with Crippen LogP contribution in [0.4, 0.5) is 0 Å². The second-order valence-electron chi connectivity index (χ2n) is 8.59. The Bertz CT molecular complexity index is 1280. The van der Waals surface area contributed by atoms with Gasteiger partial charge in [0, 0.05) is 50.5 Å². The van der Waals surface area contributed by atoms with E-state index in [4.69, 9.17) is 0 Å². The molecule has 0 bridgehead atoms. The number of carbonyl (C=O) groups is 1. The Morgan fingerprint density at radius 3 is 2.61 bits per heavy atom. The summed E-state index contributed by atoms with van der Waals surface area (Å²) in [6, 6.07) is 10.6. The molecule has 4 rings (SSSR count). The fourth-order valence-electron chi connectivity index (χ4n) is 4.21. The minimum atomic E-state index is -3.57. The Morgan fingerprint density at radius 1 is 1.12 bits per heavy atom. The highest BCUT2D eigenvalue weighted by molar-refractivity contribution is 7.89. The minimum Gasteiger partial charge on any atom is -0.350 e.